The summed E-state index contributed by atoms with van der Waals surface area (Å²) >= 11 is 0. The SMILES string of the molecule is COC(=O)C(CC(C)C)N(C)C(=O)Cn1cc([N+](=O)[O-])cn1. The first-order chi connectivity index (χ1) is 10.3. The van der Waals surface area contributed by atoms with Crippen LogP contribution >= 0.6 is 0 Å². The highest BCUT2D eigenvalue weighted by Crippen LogP contribution is 2.13. The molecule has 1 aromatic heterocycles. The standard InChI is InChI=1S/C13H20N4O5/c1-9(2)5-11(13(19)22-4)15(3)12(18)8-16-7-10(6-14-16)17(20)21/h6-7,9,11H,5,8H2,1-4H3. The van der Waals surface area contributed by atoms with E-state index in [1.807, 2.05) is 13.8 Å². The maximum atomic E-state index is 12.2. The second kappa shape index (κ2) is 7.53. The second-order valence-electron chi connectivity index (χ2n) is 5.33. The Morgan fingerprint density at radius 3 is 2.59 bits per heavy atom. The molecule has 1 aromatic rings. The van der Waals surface area contributed by atoms with Gasteiger partial charge in [-0.1, -0.05) is 13.8 Å². The molecule has 1 atom stereocenters. The highest BCUT2D eigenvalue weighted by Gasteiger charge is 2.28. The minimum atomic E-state index is -0.692. The summed E-state index contributed by atoms with van der Waals surface area (Å²) in [5, 5.41) is 14.3. The Bertz CT molecular complexity index is 554. The van der Waals surface area contributed by atoms with Crippen molar-refractivity contribution in [3.63, 3.8) is 0 Å². The molecule has 0 aliphatic heterocycles. The topological polar surface area (TPSA) is 108 Å². The lowest BCUT2D eigenvalue weighted by atomic mass is 10.0. The summed E-state index contributed by atoms with van der Waals surface area (Å²) in [7, 11) is 2.77. The molecule has 0 saturated heterocycles. The van der Waals surface area contributed by atoms with E-state index in [-0.39, 0.29) is 24.1 Å². The van der Waals surface area contributed by atoms with Crippen molar-refractivity contribution < 1.29 is 19.2 Å². The van der Waals surface area contributed by atoms with Gasteiger partial charge in [0, 0.05) is 7.05 Å². The van der Waals surface area contributed by atoms with Crippen LogP contribution in [0.15, 0.2) is 12.4 Å². The molecule has 1 amide bonds. The molecule has 1 heterocycles. The summed E-state index contributed by atoms with van der Waals surface area (Å²) in [5.41, 5.74) is -0.192. The summed E-state index contributed by atoms with van der Waals surface area (Å²) < 4.78 is 5.89. The molecule has 0 spiro atoms. The minimum Gasteiger partial charge on any atom is -0.467 e. The molecule has 0 aliphatic carbocycles. The molecular formula is C13H20N4O5. The lowest BCUT2D eigenvalue weighted by molar-refractivity contribution is -0.385. The van der Waals surface area contributed by atoms with Crippen LogP contribution in [-0.4, -0.2) is 51.7 Å². The van der Waals surface area contributed by atoms with Gasteiger partial charge in [-0.2, -0.15) is 5.10 Å². The van der Waals surface area contributed by atoms with Gasteiger partial charge in [-0.05, 0) is 12.3 Å². The average Bonchev–Trinajstić information content (AvgIpc) is 2.91. The van der Waals surface area contributed by atoms with Crippen molar-refractivity contribution in [1.29, 1.82) is 0 Å². The Morgan fingerprint density at radius 2 is 2.14 bits per heavy atom. The van der Waals surface area contributed by atoms with Crippen LogP contribution in [0.1, 0.15) is 20.3 Å². The van der Waals surface area contributed by atoms with E-state index < -0.39 is 16.9 Å². The lowest BCUT2D eigenvalue weighted by Gasteiger charge is -2.27. The van der Waals surface area contributed by atoms with Gasteiger partial charge in [0.1, 0.15) is 25.0 Å². The first-order valence-corrected chi connectivity index (χ1v) is 6.76. The van der Waals surface area contributed by atoms with Gasteiger partial charge in [0.25, 0.3) is 0 Å². The Kier molecular flexibility index (Phi) is 6.02. The number of hydrogen-bond acceptors (Lipinski definition) is 6. The molecule has 0 bridgehead atoms. The number of aromatic nitrogens is 2. The third-order valence-electron chi connectivity index (χ3n) is 3.16. The molecule has 9 nitrogen and oxygen atoms in total. The van der Waals surface area contributed by atoms with E-state index in [2.05, 4.69) is 5.10 Å². The summed E-state index contributed by atoms with van der Waals surface area (Å²) in [6.45, 7) is 3.69. The van der Waals surface area contributed by atoms with Crippen LogP contribution in [0.5, 0.6) is 0 Å². The Labute approximate surface area is 128 Å². The van der Waals surface area contributed by atoms with Crippen molar-refractivity contribution in [1.82, 2.24) is 14.7 Å². The highest BCUT2D eigenvalue weighted by atomic mass is 16.6. The predicted molar refractivity (Wildman–Crippen MR) is 76.9 cm³/mol. The monoisotopic (exact) mass is 312 g/mol. The molecule has 0 saturated carbocycles. The second-order valence-corrected chi connectivity index (χ2v) is 5.33. The Balaban J connectivity index is 2.79. The molecule has 22 heavy (non-hydrogen) atoms. The van der Waals surface area contributed by atoms with E-state index in [0.29, 0.717) is 6.42 Å². The fourth-order valence-corrected chi connectivity index (χ4v) is 1.95. The van der Waals surface area contributed by atoms with E-state index in [1.165, 1.54) is 29.9 Å². The molecule has 0 N–H and O–H groups in total. The van der Waals surface area contributed by atoms with Crippen LogP contribution in [0.25, 0.3) is 0 Å². The number of hydrogen-bond donors (Lipinski definition) is 0. The maximum Gasteiger partial charge on any atom is 0.328 e. The molecule has 9 heteroatoms. The number of esters is 1. The van der Waals surface area contributed by atoms with Gasteiger partial charge in [-0.3, -0.25) is 19.6 Å². The largest absolute Gasteiger partial charge is 0.467 e. The fraction of sp³-hybridized carbons (Fsp3) is 0.615. The summed E-state index contributed by atoms with van der Waals surface area (Å²) in [6, 6.07) is -0.692. The van der Waals surface area contributed by atoms with Crippen LogP contribution in [0, 0.1) is 16.0 Å². The number of amides is 1. The molecule has 122 valence electrons. The zero-order chi connectivity index (χ0) is 16.9. The number of ether oxygens (including phenoxy) is 1. The van der Waals surface area contributed by atoms with E-state index >= 15 is 0 Å². The van der Waals surface area contributed by atoms with E-state index in [0.717, 1.165) is 6.20 Å². The summed E-state index contributed by atoms with van der Waals surface area (Å²) in [6.07, 6.45) is 2.70. The molecule has 0 aliphatic rings. The molecule has 0 radical (unpaired) electrons. The number of likely N-dealkylation sites (N-methyl/N-ethyl adjacent to an activating group) is 1. The lowest BCUT2D eigenvalue weighted by Crippen LogP contribution is -2.45. The molecule has 1 unspecified atom stereocenters. The number of nitrogens with zero attached hydrogens (tertiary/aromatic N) is 4. The third-order valence-corrected chi connectivity index (χ3v) is 3.16. The average molecular weight is 312 g/mol. The van der Waals surface area contributed by atoms with Crippen molar-refractivity contribution in [2.75, 3.05) is 14.2 Å². The van der Waals surface area contributed by atoms with Gasteiger partial charge in [-0.25, -0.2) is 4.79 Å². The normalized spacial score (nSPS) is 12.0. The molecule has 0 fully saturated rings. The van der Waals surface area contributed by atoms with Crippen molar-refractivity contribution in [2.24, 2.45) is 5.92 Å². The van der Waals surface area contributed by atoms with Crippen LogP contribution in [0.4, 0.5) is 5.69 Å². The quantitative estimate of drug-likeness (QED) is 0.419. The Morgan fingerprint density at radius 1 is 1.50 bits per heavy atom. The highest BCUT2D eigenvalue weighted by molar-refractivity contribution is 5.84. The van der Waals surface area contributed by atoms with E-state index in [4.69, 9.17) is 4.74 Å². The smallest absolute Gasteiger partial charge is 0.328 e. The van der Waals surface area contributed by atoms with Crippen LogP contribution in [0.2, 0.25) is 0 Å². The van der Waals surface area contributed by atoms with Gasteiger partial charge in [-0.15, -0.1) is 0 Å². The molecular weight excluding hydrogens is 292 g/mol. The fourth-order valence-electron chi connectivity index (χ4n) is 1.95. The van der Waals surface area contributed by atoms with Gasteiger partial charge >= 0.3 is 11.7 Å². The van der Waals surface area contributed by atoms with Gasteiger partial charge in [0.2, 0.25) is 5.91 Å². The van der Waals surface area contributed by atoms with Crippen molar-refractivity contribution in [2.45, 2.75) is 32.9 Å². The van der Waals surface area contributed by atoms with Gasteiger partial charge in [0.15, 0.2) is 0 Å². The van der Waals surface area contributed by atoms with Crippen molar-refractivity contribution in [3.8, 4) is 0 Å². The Hall–Kier alpha value is -2.45. The van der Waals surface area contributed by atoms with Crippen LogP contribution in [-0.2, 0) is 20.9 Å². The maximum absolute atomic E-state index is 12.2. The first kappa shape index (κ1) is 17.6. The van der Waals surface area contributed by atoms with Gasteiger partial charge in [0.05, 0.1) is 12.0 Å². The van der Waals surface area contributed by atoms with E-state index in [1.54, 1.807) is 0 Å². The zero-order valence-electron chi connectivity index (χ0n) is 13.1. The number of carbonyl (C=O) groups excluding carboxylic acids is 2. The summed E-state index contributed by atoms with van der Waals surface area (Å²) in [4.78, 5) is 35.3. The molecule has 1 rings (SSSR count). The summed E-state index contributed by atoms with van der Waals surface area (Å²) in [5.74, 6) is -0.671. The molecule has 0 aromatic carbocycles. The first-order valence-electron chi connectivity index (χ1n) is 6.76. The number of rotatable bonds is 7. The predicted octanol–water partition coefficient (Wildman–Crippen LogP) is 0.837. The van der Waals surface area contributed by atoms with Crippen molar-refractivity contribution >= 4 is 17.6 Å². The third kappa shape index (κ3) is 4.54. The van der Waals surface area contributed by atoms with Crippen LogP contribution in [0.3, 0.4) is 0 Å². The number of carbonyl (C=O) groups is 2. The van der Waals surface area contributed by atoms with Crippen molar-refractivity contribution in [3.05, 3.63) is 22.5 Å². The number of nitro groups is 1. The zero-order valence-corrected chi connectivity index (χ0v) is 13.1. The van der Waals surface area contributed by atoms with Crippen LogP contribution < -0.4 is 0 Å². The van der Waals surface area contributed by atoms with Gasteiger partial charge < -0.3 is 9.64 Å². The minimum absolute atomic E-state index is 0.185. The number of methoxy groups -OCH3 is 1. The van der Waals surface area contributed by atoms with E-state index in [9.17, 15) is 19.7 Å².